The van der Waals surface area contributed by atoms with Crippen LogP contribution in [-0.4, -0.2) is 20.0 Å². The molecule has 7 heteroatoms. The van der Waals surface area contributed by atoms with E-state index < -0.39 is 0 Å². The summed E-state index contributed by atoms with van der Waals surface area (Å²) in [6, 6.07) is 19.3. The molecule has 0 saturated carbocycles. The molecule has 5 rings (SSSR count). The summed E-state index contributed by atoms with van der Waals surface area (Å²) in [4.78, 5) is 31.5. The van der Waals surface area contributed by atoms with Crippen molar-refractivity contribution in [1.82, 2.24) is 14.1 Å². The quantitative estimate of drug-likeness (QED) is 0.352. The van der Waals surface area contributed by atoms with Crippen molar-refractivity contribution < 1.29 is 4.79 Å². The summed E-state index contributed by atoms with van der Waals surface area (Å²) in [5.74, 6) is -0.209. The molecular weight excluding hydrogens is 460 g/mol. The first kappa shape index (κ1) is 22.9. The molecule has 2 heterocycles. The minimum absolute atomic E-state index is 0.0104. The monoisotopic (exact) mass is 484 g/mol. The van der Waals surface area contributed by atoms with Crippen molar-refractivity contribution in [2.24, 2.45) is 0 Å². The van der Waals surface area contributed by atoms with E-state index in [0.717, 1.165) is 38.8 Å². The van der Waals surface area contributed by atoms with Crippen LogP contribution in [0, 0.1) is 20.8 Å². The van der Waals surface area contributed by atoms with Gasteiger partial charge in [0.2, 0.25) is 5.91 Å². The Bertz CT molecular complexity index is 1670. The van der Waals surface area contributed by atoms with Crippen LogP contribution in [0.3, 0.4) is 0 Å². The van der Waals surface area contributed by atoms with Gasteiger partial charge in [-0.1, -0.05) is 53.6 Å². The lowest BCUT2D eigenvalue weighted by atomic mass is 10.1. The number of nitrogens with zero attached hydrogens (tertiary/aromatic N) is 3. The van der Waals surface area contributed by atoms with Gasteiger partial charge in [0.15, 0.2) is 0 Å². The third-order valence-electron chi connectivity index (χ3n) is 6.25. The van der Waals surface area contributed by atoms with Crippen molar-refractivity contribution in [2.75, 3.05) is 5.32 Å². The second-order valence-electron chi connectivity index (χ2n) is 8.94. The molecule has 35 heavy (non-hydrogen) atoms. The number of fused-ring (bicyclic) bond motifs is 3. The number of anilines is 1. The van der Waals surface area contributed by atoms with Gasteiger partial charge in [-0.25, -0.2) is 4.98 Å². The van der Waals surface area contributed by atoms with Crippen molar-refractivity contribution >= 4 is 45.1 Å². The Labute approximate surface area is 207 Å². The number of halogens is 1. The number of rotatable bonds is 5. The third kappa shape index (κ3) is 4.33. The second kappa shape index (κ2) is 9.04. The van der Waals surface area contributed by atoms with E-state index in [1.54, 1.807) is 17.0 Å². The van der Waals surface area contributed by atoms with Crippen molar-refractivity contribution in [3.8, 4) is 0 Å². The Kier molecular flexibility index (Phi) is 5.91. The zero-order valence-electron chi connectivity index (χ0n) is 19.8. The number of carbonyl (C=O) groups excluding carboxylic acids is 1. The summed E-state index contributed by atoms with van der Waals surface area (Å²) in [5, 5.41) is 4.44. The van der Waals surface area contributed by atoms with Crippen molar-refractivity contribution in [1.29, 1.82) is 0 Å². The number of nitrogens with one attached hydrogen (secondary N) is 1. The lowest BCUT2D eigenvalue weighted by molar-refractivity contribution is -0.116. The highest BCUT2D eigenvalue weighted by Crippen LogP contribution is 2.27. The molecule has 0 spiro atoms. The number of aryl methyl sites for hydroxylation is 3. The van der Waals surface area contributed by atoms with E-state index in [9.17, 15) is 9.59 Å². The molecule has 6 nitrogen and oxygen atoms in total. The van der Waals surface area contributed by atoms with E-state index >= 15 is 0 Å². The van der Waals surface area contributed by atoms with Crippen molar-refractivity contribution in [3.05, 3.63) is 105 Å². The molecule has 0 unspecified atom stereocenters. The Morgan fingerprint density at radius 2 is 1.74 bits per heavy atom. The van der Waals surface area contributed by atoms with Crippen LogP contribution in [0.1, 0.15) is 22.3 Å². The maximum atomic E-state index is 13.7. The van der Waals surface area contributed by atoms with Gasteiger partial charge in [-0.05, 0) is 61.7 Å². The van der Waals surface area contributed by atoms with Gasteiger partial charge < -0.3 is 9.88 Å². The van der Waals surface area contributed by atoms with E-state index in [2.05, 4.69) is 10.3 Å². The topological polar surface area (TPSA) is 68.9 Å². The molecule has 0 aliphatic heterocycles. The summed E-state index contributed by atoms with van der Waals surface area (Å²) < 4.78 is 3.30. The fourth-order valence-corrected chi connectivity index (χ4v) is 4.60. The van der Waals surface area contributed by atoms with E-state index in [1.165, 1.54) is 4.57 Å². The van der Waals surface area contributed by atoms with Crippen molar-refractivity contribution in [2.45, 2.75) is 33.9 Å². The SMILES string of the molecule is Cc1ccc(C)c(NC(=O)Cn2c3ccc(C)cc3c3ncn(Cc4ccccc4Cl)c(=O)c32)c1. The number of carbonyl (C=O) groups is 1. The van der Waals surface area contributed by atoms with E-state index in [4.69, 9.17) is 11.6 Å². The lowest BCUT2D eigenvalue weighted by Crippen LogP contribution is -2.25. The number of hydrogen-bond donors (Lipinski definition) is 1. The molecule has 2 aromatic heterocycles. The summed E-state index contributed by atoms with van der Waals surface area (Å²) >= 11 is 6.33. The first-order valence-electron chi connectivity index (χ1n) is 11.4. The molecule has 0 aliphatic rings. The smallest absolute Gasteiger partial charge is 0.278 e. The molecule has 0 radical (unpaired) electrons. The van der Waals surface area contributed by atoms with Crippen LogP contribution in [0.4, 0.5) is 5.69 Å². The molecule has 1 N–H and O–H groups in total. The Morgan fingerprint density at radius 3 is 2.54 bits per heavy atom. The molecule has 176 valence electrons. The zero-order valence-corrected chi connectivity index (χ0v) is 20.6. The van der Waals surface area contributed by atoms with Crippen molar-refractivity contribution in [3.63, 3.8) is 0 Å². The fourth-order valence-electron chi connectivity index (χ4n) is 4.40. The average Bonchev–Trinajstić information content (AvgIpc) is 3.12. The van der Waals surface area contributed by atoms with Gasteiger partial charge in [0, 0.05) is 16.1 Å². The summed E-state index contributed by atoms with van der Waals surface area (Å²) in [7, 11) is 0. The minimum Gasteiger partial charge on any atom is -0.325 e. The third-order valence-corrected chi connectivity index (χ3v) is 6.62. The van der Waals surface area contributed by atoms with E-state index in [0.29, 0.717) is 16.1 Å². The minimum atomic E-state index is -0.219. The normalized spacial score (nSPS) is 11.3. The van der Waals surface area contributed by atoms with Gasteiger partial charge >= 0.3 is 0 Å². The van der Waals surface area contributed by atoms with Gasteiger partial charge in [-0.3, -0.25) is 14.2 Å². The number of benzene rings is 3. The van der Waals surface area contributed by atoms with Gasteiger partial charge in [0.25, 0.3) is 5.56 Å². The molecule has 0 atom stereocenters. The van der Waals surface area contributed by atoms with Crippen LogP contribution >= 0.6 is 11.6 Å². The lowest BCUT2D eigenvalue weighted by Gasteiger charge is -2.12. The Hall–Kier alpha value is -3.90. The highest BCUT2D eigenvalue weighted by atomic mass is 35.5. The number of amides is 1. The Morgan fingerprint density at radius 1 is 1.00 bits per heavy atom. The highest BCUT2D eigenvalue weighted by Gasteiger charge is 2.19. The van der Waals surface area contributed by atoms with Crippen LogP contribution < -0.4 is 10.9 Å². The van der Waals surface area contributed by atoms with Gasteiger partial charge in [0.1, 0.15) is 17.6 Å². The first-order chi connectivity index (χ1) is 16.8. The van der Waals surface area contributed by atoms with Crippen LogP contribution in [0.5, 0.6) is 0 Å². The summed E-state index contributed by atoms with van der Waals surface area (Å²) in [6.07, 6.45) is 1.55. The van der Waals surface area contributed by atoms with E-state index in [-0.39, 0.29) is 24.6 Å². The molecule has 3 aromatic carbocycles. The second-order valence-corrected chi connectivity index (χ2v) is 9.35. The standard InChI is InChI=1S/C28H25ClN4O2/c1-17-9-11-24-21(12-17)26-27(28(35)32(16-30-26)14-20-6-4-5-7-22(20)29)33(24)15-25(34)31-23-13-18(2)8-10-19(23)3/h4-13,16H,14-15H2,1-3H3,(H,31,34). The summed E-state index contributed by atoms with van der Waals surface area (Å²) in [5.41, 5.74) is 6.24. The van der Waals surface area contributed by atoms with Crippen LogP contribution in [0.15, 0.2) is 71.8 Å². The van der Waals surface area contributed by atoms with Crippen LogP contribution in [0.25, 0.3) is 21.9 Å². The zero-order chi connectivity index (χ0) is 24.7. The van der Waals surface area contributed by atoms with Gasteiger partial charge in [0.05, 0.1) is 18.4 Å². The predicted octanol–water partition coefficient (Wildman–Crippen LogP) is 5.62. The van der Waals surface area contributed by atoms with Crippen LogP contribution in [-0.2, 0) is 17.9 Å². The first-order valence-corrected chi connectivity index (χ1v) is 11.8. The highest BCUT2D eigenvalue weighted by molar-refractivity contribution is 6.31. The summed E-state index contributed by atoms with van der Waals surface area (Å²) in [6.45, 7) is 6.21. The fraction of sp³-hybridized carbons (Fsp3) is 0.179. The Balaban J connectivity index is 1.62. The van der Waals surface area contributed by atoms with Gasteiger partial charge in [-0.2, -0.15) is 0 Å². The molecule has 1 amide bonds. The molecule has 0 bridgehead atoms. The molecule has 0 saturated heterocycles. The molecule has 0 fully saturated rings. The van der Waals surface area contributed by atoms with Crippen LogP contribution in [0.2, 0.25) is 5.02 Å². The average molecular weight is 485 g/mol. The number of hydrogen-bond acceptors (Lipinski definition) is 3. The maximum Gasteiger partial charge on any atom is 0.278 e. The molecular formula is C28H25ClN4O2. The largest absolute Gasteiger partial charge is 0.325 e. The number of aromatic nitrogens is 3. The predicted molar refractivity (Wildman–Crippen MR) is 141 cm³/mol. The maximum absolute atomic E-state index is 13.7. The van der Waals surface area contributed by atoms with E-state index in [1.807, 2.05) is 75.4 Å². The van der Waals surface area contributed by atoms with Gasteiger partial charge in [-0.15, -0.1) is 0 Å². The molecule has 5 aromatic rings. The molecule has 0 aliphatic carbocycles.